The normalized spacial score (nSPS) is 15.7. The zero-order chi connectivity index (χ0) is 16.4. The molecule has 0 aliphatic carbocycles. The minimum Gasteiger partial charge on any atom is -0.398 e. The lowest BCUT2D eigenvalue weighted by Gasteiger charge is -2.32. The molecule has 2 heterocycles. The SMILES string of the molecule is Cc1ccc(-c2ccc(C(=O)N3CCN(C)CC3)nc2)cc1N. The largest absolute Gasteiger partial charge is 0.398 e. The van der Waals surface area contributed by atoms with Crippen molar-refractivity contribution in [3.05, 3.63) is 47.8 Å². The van der Waals surface area contributed by atoms with Gasteiger partial charge in [-0.2, -0.15) is 0 Å². The monoisotopic (exact) mass is 310 g/mol. The molecule has 5 heteroatoms. The van der Waals surface area contributed by atoms with Crippen LogP contribution < -0.4 is 5.73 Å². The first-order valence-corrected chi connectivity index (χ1v) is 7.85. The first-order valence-electron chi connectivity index (χ1n) is 7.85. The van der Waals surface area contributed by atoms with Crippen LogP contribution in [0.25, 0.3) is 11.1 Å². The molecule has 1 aromatic heterocycles. The molecule has 0 bridgehead atoms. The van der Waals surface area contributed by atoms with Gasteiger partial charge < -0.3 is 15.5 Å². The zero-order valence-corrected chi connectivity index (χ0v) is 13.6. The predicted molar refractivity (Wildman–Crippen MR) is 92.2 cm³/mol. The number of nitrogens with two attached hydrogens (primary N) is 1. The van der Waals surface area contributed by atoms with E-state index < -0.39 is 0 Å². The number of piperazine rings is 1. The van der Waals surface area contributed by atoms with E-state index in [0.717, 1.165) is 48.6 Å². The molecule has 3 rings (SSSR count). The average Bonchev–Trinajstić information content (AvgIpc) is 2.57. The van der Waals surface area contributed by atoms with Gasteiger partial charge in [0.1, 0.15) is 5.69 Å². The third kappa shape index (κ3) is 3.35. The van der Waals surface area contributed by atoms with E-state index >= 15 is 0 Å². The predicted octanol–water partition coefficient (Wildman–Crippen LogP) is 2.03. The Labute approximate surface area is 136 Å². The Morgan fingerprint density at radius 2 is 1.78 bits per heavy atom. The lowest BCUT2D eigenvalue weighted by Crippen LogP contribution is -2.47. The van der Waals surface area contributed by atoms with Crippen LogP contribution in [0.2, 0.25) is 0 Å². The summed E-state index contributed by atoms with van der Waals surface area (Å²) in [5.41, 5.74) is 10.3. The van der Waals surface area contributed by atoms with E-state index in [1.54, 1.807) is 12.3 Å². The molecule has 2 aromatic rings. The topological polar surface area (TPSA) is 62.5 Å². The molecule has 23 heavy (non-hydrogen) atoms. The number of aromatic nitrogens is 1. The van der Waals surface area contributed by atoms with Crippen LogP contribution in [0.3, 0.4) is 0 Å². The Bertz CT molecular complexity index is 703. The minimum absolute atomic E-state index is 0.00747. The van der Waals surface area contributed by atoms with Gasteiger partial charge in [0.05, 0.1) is 0 Å². The summed E-state index contributed by atoms with van der Waals surface area (Å²) in [5.74, 6) is 0.00747. The number of carbonyl (C=O) groups is 1. The quantitative estimate of drug-likeness (QED) is 0.862. The van der Waals surface area contributed by atoms with Crippen molar-refractivity contribution in [2.75, 3.05) is 39.0 Å². The maximum absolute atomic E-state index is 12.5. The van der Waals surface area contributed by atoms with Crippen LogP contribution in [0.4, 0.5) is 5.69 Å². The molecule has 2 N–H and O–H groups in total. The molecule has 1 saturated heterocycles. The molecule has 1 amide bonds. The van der Waals surface area contributed by atoms with Gasteiger partial charge in [0.25, 0.3) is 5.91 Å². The van der Waals surface area contributed by atoms with Gasteiger partial charge in [0.2, 0.25) is 0 Å². The highest BCUT2D eigenvalue weighted by Gasteiger charge is 2.21. The molecule has 0 unspecified atom stereocenters. The zero-order valence-electron chi connectivity index (χ0n) is 13.6. The number of aryl methyl sites for hydroxylation is 1. The van der Waals surface area contributed by atoms with Crippen LogP contribution >= 0.6 is 0 Å². The Balaban J connectivity index is 1.76. The third-order valence-electron chi connectivity index (χ3n) is 4.39. The van der Waals surface area contributed by atoms with Crippen LogP contribution in [0.1, 0.15) is 16.1 Å². The van der Waals surface area contributed by atoms with Gasteiger partial charge in [-0.25, -0.2) is 0 Å². The maximum Gasteiger partial charge on any atom is 0.272 e. The summed E-state index contributed by atoms with van der Waals surface area (Å²) in [6.07, 6.45) is 1.74. The average molecular weight is 310 g/mol. The molecule has 0 saturated carbocycles. The van der Waals surface area contributed by atoms with Crippen molar-refractivity contribution in [3.8, 4) is 11.1 Å². The van der Waals surface area contributed by atoms with E-state index in [1.807, 2.05) is 36.1 Å². The lowest BCUT2D eigenvalue weighted by molar-refractivity contribution is 0.0658. The van der Waals surface area contributed by atoms with Crippen molar-refractivity contribution in [3.63, 3.8) is 0 Å². The Morgan fingerprint density at radius 1 is 1.09 bits per heavy atom. The van der Waals surface area contributed by atoms with Gasteiger partial charge in [-0.1, -0.05) is 18.2 Å². The molecular formula is C18H22N4O. The summed E-state index contributed by atoms with van der Waals surface area (Å²) in [6.45, 7) is 5.31. The van der Waals surface area contributed by atoms with Gasteiger partial charge in [-0.05, 0) is 37.2 Å². The second-order valence-electron chi connectivity index (χ2n) is 6.10. The molecule has 0 radical (unpaired) electrons. The second-order valence-corrected chi connectivity index (χ2v) is 6.10. The highest BCUT2D eigenvalue weighted by atomic mass is 16.2. The summed E-state index contributed by atoms with van der Waals surface area (Å²) in [6, 6.07) is 9.68. The molecule has 5 nitrogen and oxygen atoms in total. The molecule has 120 valence electrons. The summed E-state index contributed by atoms with van der Waals surface area (Å²) in [7, 11) is 2.07. The van der Waals surface area contributed by atoms with Crippen LogP contribution in [0.15, 0.2) is 36.5 Å². The van der Waals surface area contributed by atoms with Crippen molar-refractivity contribution in [2.24, 2.45) is 0 Å². The number of pyridine rings is 1. The van der Waals surface area contributed by atoms with Crippen molar-refractivity contribution >= 4 is 11.6 Å². The number of carbonyl (C=O) groups excluding carboxylic acids is 1. The lowest BCUT2D eigenvalue weighted by atomic mass is 10.0. The Morgan fingerprint density at radius 3 is 2.39 bits per heavy atom. The van der Waals surface area contributed by atoms with E-state index in [1.165, 1.54) is 0 Å². The van der Waals surface area contributed by atoms with E-state index in [2.05, 4.69) is 16.9 Å². The van der Waals surface area contributed by atoms with E-state index in [9.17, 15) is 4.79 Å². The fourth-order valence-corrected chi connectivity index (χ4v) is 2.68. The summed E-state index contributed by atoms with van der Waals surface area (Å²) < 4.78 is 0. The fraction of sp³-hybridized carbons (Fsp3) is 0.333. The minimum atomic E-state index is 0.00747. The third-order valence-corrected chi connectivity index (χ3v) is 4.39. The molecule has 1 aromatic carbocycles. The van der Waals surface area contributed by atoms with Crippen LogP contribution in [0, 0.1) is 6.92 Å². The fourth-order valence-electron chi connectivity index (χ4n) is 2.68. The van der Waals surface area contributed by atoms with Crippen LogP contribution in [-0.4, -0.2) is 53.9 Å². The van der Waals surface area contributed by atoms with Crippen molar-refractivity contribution in [1.29, 1.82) is 0 Å². The van der Waals surface area contributed by atoms with Gasteiger partial charge in [-0.3, -0.25) is 9.78 Å². The first-order chi connectivity index (χ1) is 11.0. The number of rotatable bonds is 2. The van der Waals surface area contributed by atoms with Crippen LogP contribution in [0.5, 0.6) is 0 Å². The van der Waals surface area contributed by atoms with Gasteiger partial charge >= 0.3 is 0 Å². The number of nitrogen functional groups attached to an aromatic ring is 1. The smallest absolute Gasteiger partial charge is 0.272 e. The number of anilines is 1. The van der Waals surface area contributed by atoms with Crippen molar-refractivity contribution in [1.82, 2.24) is 14.8 Å². The number of nitrogens with zero attached hydrogens (tertiary/aromatic N) is 3. The van der Waals surface area contributed by atoms with Crippen LogP contribution in [-0.2, 0) is 0 Å². The highest BCUT2D eigenvalue weighted by molar-refractivity contribution is 5.92. The van der Waals surface area contributed by atoms with Gasteiger partial charge in [-0.15, -0.1) is 0 Å². The van der Waals surface area contributed by atoms with E-state index in [0.29, 0.717) is 5.69 Å². The Kier molecular flexibility index (Phi) is 4.30. The Hall–Kier alpha value is -2.40. The molecule has 0 atom stereocenters. The molecule has 1 aliphatic heterocycles. The molecule has 1 aliphatic rings. The molecule has 0 spiro atoms. The number of likely N-dealkylation sites (N-methyl/N-ethyl adjacent to an activating group) is 1. The second kappa shape index (κ2) is 6.38. The number of hydrogen-bond acceptors (Lipinski definition) is 4. The maximum atomic E-state index is 12.5. The van der Waals surface area contributed by atoms with E-state index in [4.69, 9.17) is 5.73 Å². The standard InChI is InChI=1S/C18H22N4O/c1-13-3-4-14(11-16(13)19)15-5-6-17(20-12-15)18(23)22-9-7-21(2)8-10-22/h3-6,11-12H,7-10,19H2,1-2H3. The van der Waals surface area contributed by atoms with Gasteiger partial charge in [0, 0.05) is 43.6 Å². The summed E-state index contributed by atoms with van der Waals surface area (Å²) >= 11 is 0. The highest BCUT2D eigenvalue weighted by Crippen LogP contribution is 2.23. The first kappa shape index (κ1) is 15.5. The number of amides is 1. The van der Waals surface area contributed by atoms with Crippen molar-refractivity contribution in [2.45, 2.75) is 6.92 Å². The summed E-state index contributed by atoms with van der Waals surface area (Å²) in [4.78, 5) is 20.9. The summed E-state index contributed by atoms with van der Waals surface area (Å²) in [5, 5.41) is 0. The van der Waals surface area contributed by atoms with E-state index in [-0.39, 0.29) is 5.91 Å². The number of hydrogen-bond donors (Lipinski definition) is 1. The number of benzene rings is 1. The van der Waals surface area contributed by atoms with Gasteiger partial charge in [0.15, 0.2) is 0 Å². The van der Waals surface area contributed by atoms with Crippen molar-refractivity contribution < 1.29 is 4.79 Å². The molecule has 1 fully saturated rings. The molecular weight excluding hydrogens is 288 g/mol.